The molecule has 1 aliphatic rings. The first-order chi connectivity index (χ1) is 11.7. The molecule has 2 aromatic rings. The van der Waals surface area contributed by atoms with Crippen LogP contribution in [0.15, 0.2) is 36.4 Å². The number of nitrogens with one attached hydrogen (secondary N) is 2. The van der Waals surface area contributed by atoms with Crippen LogP contribution in [0.5, 0.6) is 5.75 Å². The Bertz CT molecular complexity index is 729. The van der Waals surface area contributed by atoms with E-state index in [1.165, 1.54) is 5.56 Å². The number of amides is 1. The molecule has 1 amide bonds. The molecule has 0 radical (unpaired) electrons. The lowest BCUT2D eigenvalue weighted by Crippen LogP contribution is -2.26. The Balaban J connectivity index is 1.60. The molecule has 3 rings (SSSR count). The van der Waals surface area contributed by atoms with Crippen molar-refractivity contribution in [2.45, 2.75) is 26.3 Å². The number of hydrogen-bond acceptors (Lipinski definition) is 3. The summed E-state index contributed by atoms with van der Waals surface area (Å²) in [4.78, 5) is 12.0. The quantitative estimate of drug-likeness (QED) is 0.887. The second-order valence-corrected chi connectivity index (χ2v) is 5.83. The number of anilines is 1. The molecule has 2 N–H and O–H groups in total. The van der Waals surface area contributed by atoms with Crippen molar-refractivity contribution in [3.8, 4) is 5.75 Å². The Labute approximate surface area is 141 Å². The molecule has 126 valence electrons. The van der Waals surface area contributed by atoms with Gasteiger partial charge in [0.05, 0.1) is 5.69 Å². The molecular formula is C19H21FN2O2. The third-order valence-electron chi connectivity index (χ3n) is 4.18. The second-order valence-electron chi connectivity index (χ2n) is 5.83. The summed E-state index contributed by atoms with van der Waals surface area (Å²) in [6.45, 7) is 3.34. The van der Waals surface area contributed by atoms with Gasteiger partial charge in [-0.25, -0.2) is 4.39 Å². The first-order valence-electron chi connectivity index (χ1n) is 8.20. The largest absolute Gasteiger partial charge is 0.484 e. The van der Waals surface area contributed by atoms with Crippen molar-refractivity contribution in [2.75, 3.05) is 18.5 Å². The maximum atomic E-state index is 14.5. The summed E-state index contributed by atoms with van der Waals surface area (Å²) >= 11 is 0. The zero-order valence-electron chi connectivity index (χ0n) is 13.7. The number of ether oxygens (including phenoxy) is 1. The molecular weight excluding hydrogens is 307 g/mol. The molecule has 4 nitrogen and oxygen atoms in total. The lowest BCUT2D eigenvalue weighted by Gasteiger charge is -2.19. The maximum Gasteiger partial charge on any atom is 0.262 e. The molecule has 0 fully saturated rings. The van der Waals surface area contributed by atoms with Gasteiger partial charge in [-0.2, -0.15) is 0 Å². The topological polar surface area (TPSA) is 50.4 Å². The van der Waals surface area contributed by atoms with E-state index in [2.05, 4.69) is 17.6 Å². The van der Waals surface area contributed by atoms with E-state index >= 15 is 0 Å². The first kappa shape index (κ1) is 16.5. The highest BCUT2D eigenvalue weighted by atomic mass is 19.1. The standard InChI is InChI=1S/C19H21FN2O2/c1-2-13-3-6-15(7-4-13)24-12-18(23)22-17-8-5-14-11-21-10-9-16(14)19(17)20/h3-8,21H,2,9-12H2,1H3,(H,22,23). The van der Waals surface area contributed by atoms with Crippen LogP contribution in [0.2, 0.25) is 0 Å². The third-order valence-corrected chi connectivity index (χ3v) is 4.18. The highest BCUT2D eigenvalue weighted by Crippen LogP contribution is 2.24. The average Bonchev–Trinajstić information content (AvgIpc) is 2.63. The van der Waals surface area contributed by atoms with E-state index in [1.54, 1.807) is 6.07 Å². The minimum atomic E-state index is -0.373. The normalized spacial score (nSPS) is 13.2. The third kappa shape index (κ3) is 3.74. The number of carbonyl (C=O) groups excluding carboxylic acids is 1. The van der Waals surface area contributed by atoms with Gasteiger partial charge >= 0.3 is 0 Å². The summed E-state index contributed by atoms with van der Waals surface area (Å²) in [5.74, 6) is -0.0867. The number of rotatable bonds is 5. The van der Waals surface area contributed by atoms with Gasteiger partial charge in [-0.3, -0.25) is 4.79 Å². The van der Waals surface area contributed by atoms with Gasteiger partial charge < -0.3 is 15.4 Å². The molecule has 0 aromatic heterocycles. The van der Waals surface area contributed by atoms with Crippen molar-refractivity contribution < 1.29 is 13.9 Å². The van der Waals surface area contributed by atoms with Crippen LogP contribution < -0.4 is 15.4 Å². The van der Waals surface area contributed by atoms with Crippen LogP contribution in [-0.4, -0.2) is 19.1 Å². The van der Waals surface area contributed by atoms with Gasteiger partial charge in [0.15, 0.2) is 6.61 Å². The fraction of sp³-hybridized carbons (Fsp3) is 0.316. The van der Waals surface area contributed by atoms with Crippen molar-refractivity contribution in [1.29, 1.82) is 0 Å². The summed E-state index contributed by atoms with van der Waals surface area (Å²) in [7, 11) is 0. The molecule has 2 aromatic carbocycles. The molecule has 0 unspecified atom stereocenters. The fourth-order valence-electron chi connectivity index (χ4n) is 2.79. The number of aryl methyl sites for hydroxylation is 1. The van der Waals surface area contributed by atoms with Crippen LogP contribution in [-0.2, 0) is 24.2 Å². The zero-order chi connectivity index (χ0) is 16.9. The van der Waals surface area contributed by atoms with Gasteiger partial charge in [-0.15, -0.1) is 0 Å². The van der Waals surface area contributed by atoms with Crippen LogP contribution in [0.25, 0.3) is 0 Å². The number of carbonyl (C=O) groups is 1. The Morgan fingerprint density at radius 2 is 2.04 bits per heavy atom. The molecule has 0 atom stereocenters. The van der Waals surface area contributed by atoms with E-state index in [4.69, 9.17) is 4.74 Å². The SMILES string of the molecule is CCc1ccc(OCC(=O)Nc2ccc3c(c2F)CCNC3)cc1. The number of halogens is 1. The van der Waals surface area contributed by atoms with Crippen molar-refractivity contribution in [2.24, 2.45) is 0 Å². The van der Waals surface area contributed by atoms with Gasteiger partial charge in [0.1, 0.15) is 11.6 Å². The summed E-state index contributed by atoms with van der Waals surface area (Å²) in [6.07, 6.45) is 1.58. The number of hydrogen-bond donors (Lipinski definition) is 2. The average molecular weight is 328 g/mol. The predicted molar refractivity (Wildman–Crippen MR) is 91.8 cm³/mol. The van der Waals surface area contributed by atoms with Crippen molar-refractivity contribution >= 4 is 11.6 Å². The summed E-state index contributed by atoms with van der Waals surface area (Å²) in [5, 5.41) is 5.79. The van der Waals surface area contributed by atoms with Crippen LogP contribution in [0.3, 0.4) is 0 Å². The van der Waals surface area contributed by atoms with Gasteiger partial charge in [0.2, 0.25) is 0 Å². The molecule has 1 aliphatic heterocycles. The molecule has 0 saturated heterocycles. The van der Waals surface area contributed by atoms with Crippen LogP contribution in [0, 0.1) is 5.82 Å². The van der Waals surface area contributed by atoms with Crippen molar-refractivity contribution in [1.82, 2.24) is 5.32 Å². The van der Waals surface area contributed by atoms with Crippen molar-refractivity contribution in [3.05, 3.63) is 58.9 Å². The lowest BCUT2D eigenvalue weighted by atomic mass is 9.99. The Morgan fingerprint density at radius 1 is 1.25 bits per heavy atom. The van der Waals surface area contributed by atoms with Crippen LogP contribution >= 0.6 is 0 Å². The minimum absolute atomic E-state index is 0.149. The highest BCUT2D eigenvalue weighted by Gasteiger charge is 2.17. The summed E-state index contributed by atoms with van der Waals surface area (Å²) < 4.78 is 19.9. The molecule has 5 heteroatoms. The van der Waals surface area contributed by atoms with Crippen LogP contribution in [0.4, 0.5) is 10.1 Å². The smallest absolute Gasteiger partial charge is 0.262 e. The fourth-order valence-corrected chi connectivity index (χ4v) is 2.79. The van der Waals surface area contributed by atoms with E-state index in [-0.39, 0.29) is 24.0 Å². The Hall–Kier alpha value is -2.40. The zero-order valence-corrected chi connectivity index (χ0v) is 13.7. The van der Waals surface area contributed by atoms with E-state index in [0.29, 0.717) is 24.3 Å². The van der Waals surface area contributed by atoms with Gasteiger partial charge in [-0.1, -0.05) is 25.1 Å². The number of benzene rings is 2. The van der Waals surface area contributed by atoms with Gasteiger partial charge in [-0.05, 0) is 54.3 Å². The minimum Gasteiger partial charge on any atom is -0.484 e. The Morgan fingerprint density at radius 3 is 2.79 bits per heavy atom. The monoisotopic (exact) mass is 328 g/mol. The van der Waals surface area contributed by atoms with Crippen LogP contribution in [0.1, 0.15) is 23.6 Å². The summed E-state index contributed by atoms with van der Waals surface area (Å²) in [6, 6.07) is 11.0. The Kier molecular flexibility index (Phi) is 5.11. The van der Waals surface area contributed by atoms with Gasteiger partial charge in [0, 0.05) is 6.54 Å². The van der Waals surface area contributed by atoms with E-state index in [9.17, 15) is 9.18 Å². The predicted octanol–water partition coefficient (Wildman–Crippen LogP) is 3.05. The van der Waals surface area contributed by atoms with Gasteiger partial charge in [0.25, 0.3) is 5.91 Å². The van der Waals surface area contributed by atoms with E-state index in [1.807, 2.05) is 30.3 Å². The second kappa shape index (κ2) is 7.45. The first-order valence-corrected chi connectivity index (χ1v) is 8.20. The van der Waals surface area contributed by atoms with E-state index in [0.717, 1.165) is 18.5 Å². The van der Waals surface area contributed by atoms with E-state index < -0.39 is 0 Å². The molecule has 1 heterocycles. The molecule has 0 spiro atoms. The summed E-state index contributed by atoms with van der Waals surface area (Å²) in [5.41, 5.74) is 3.05. The maximum absolute atomic E-state index is 14.5. The molecule has 0 bridgehead atoms. The molecule has 24 heavy (non-hydrogen) atoms. The molecule has 0 saturated carbocycles. The number of fused-ring (bicyclic) bond motifs is 1. The lowest BCUT2D eigenvalue weighted by molar-refractivity contribution is -0.118. The molecule has 0 aliphatic carbocycles. The van der Waals surface area contributed by atoms with Crippen molar-refractivity contribution in [3.63, 3.8) is 0 Å². The highest BCUT2D eigenvalue weighted by molar-refractivity contribution is 5.92.